The summed E-state index contributed by atoms with van der Waals surface area (Å²) in [5.74, 6) is 0.830. The van der Waals surface area contributed by atoms with Gasteiger partial charge in [0.15, 0.2) is 0 Å². The van der Waals surface area contributed by atoms with Crippen molar-refractivity contribution >= 4 is 5.91 Å². The number of carbonyl (C=O) groups is 1. The molecule has 1 N–H and O–H groups in total. The molecule has 0 saturated heterocycles. The van der Waals surface area contributed by atoms with Crippen LogP contribution < -0.4 is 5.32 Å². The Hall–Kier alpha value is -3.17. The highest BCUT2D eigenvalue weighted by atomic mass is 16.2. The van der Waals surface area contributed by atoms with E-state index in [1.54, 1.807) is 0 Å². The summed E-state index contributed by atoms with van der Waals surface area (Å²) >= 11 is 0. The first-order chi connectivity index (χ1) is 13.2. The number of nitrogens with one attached hydrogen (secondary N) is 1. The number of rotatable bonds is 5. The highest BCUT2D eigenvalue weighted by molar-refractivity contribution is 5.76. The number of aromatic nitrogens is 8. The Labute approximate surface area is 156 Å². The zero-order valence-electron chi connectivity index (χ0n) is 15.1. The second-order valence-corrected chi connectivity index (χ2v) is 6.85. The maximum atomic E-state index is 12.4. The highest BCUT2D eigenvalue weighted by Crippen LogP contribution is 2.24. The van der Waals surface area contributed by atoms with Gasteiger partial charge in [-0.3, -0.25) is 4.79 Å². The Balaban J connectivity index is 1.47. The first-order valence-electron chi connectivity index (χ1n) is 9.10. The quantitative estimate of drug-likeness (QED) is 0.715. The number of hydrogen-bond acceptors (Lipinski definition) is 7. The van der Waals surface area contributed by atoms with E-state index in [0.29, 0.717) is 11.7 Å². The molecule has 1 aromatic carbocycles. The van der Waals surface area contributed by atoms with Crippen LogP contribution in [-0.2, 0) is 11.3 Å². The van der Waals surface area contributed by atoms with Crippen LogP contribution in [0.15, 0.2) is 30.6 Å². The zero-order chi connectivity index (χ0) is 18.6. The molecule has 1 fully saturated rings. The topological polar surface area (TPSA) is 116 Å². The van der Waals surface area contributed by atoms with Gasteiger partial charge in [-0.2, -0.15) is 9.48 Å². The lowest BCUT2D eigenvalue weighted by molar-refractivity contribution is -0.123. The van der Waals surface area contributed by atoms with Crippen molar-refractivity contribution in [1.29, 1.82) is 0 Å². The Kier molecular flexibility index (Phi) is 4.86. The number of para-hydroxylation sites is 1. The summed E-state index contributed by atoms with van der Waals surface area (Å²) in [4.78, 5) is 13.7. The standard InChI is InChI=1S/C17H21N9O/c1-12-6-2-4-8-14(12)19-16(27)10-26-21-17(20-23-26)13-7-3-5-9-15(13)25-11-18-22-24-25/h3,5,7,9,11-12,14H,2,4,6,8,10H2,1H3,(H,19,27)/t12-,14+/m0/s1. The molecule has 140 valence electrons. The van der Waals surface area contributed by atoms with Crippen molar-refractivity contribution in [3.63, 3.8) is 0 Å². The zero-order valence-corrected chi connectivity index (χ0v) is 15.1. The minimum Gasteiger partial charge on any atom is -0.351 e. The molecule has 27 heavy (non-hydrogen) atoms. The van der Waals surface area contributed by atoms with E-state index in [4.69, 9.17) is 0 Å². The molecule has 10 heteroatoms. The number of tetrazole rings is 2. The predicted octanol–water partition coefficient (Wildman–Crippen LogP) is 1.01. The van der Waals surface area contributed by atoms with E-state index in [2.05, 4.69) is 43.2 Å². The molecule has 1 amide bonds. The SMILES string of the molecule is C[C@H]1CCCC[C@H]1NC(=O)Cn1nnc(-c2ccccc2-n2cnnn2)n1. The Morgan fingerprint density at radius 2 is 2.07 bits per heavy atom. The van der Waals surface area contributed by atoms with Crippen molar-refractivity contribution in [2.24, 2.45) is 5.92 Å². The summed E-state index contributed by atoms with van der Waals surface area (Å²) in [5, 5.41) is 26.8. The van der Waals surface area contributed by atoms with E-state index in [1.165, 1.54) is 22.2 Å². The maximum absolute atomic E-state index is 12.4. The first-order valence-corrected chi connectivity index (χ1v) is 9.10. The van der Waals surface area contributed by atoms with Gasteiger partial charge in [0.2, 0.25) is 11.7 Å². The van der Waals surface area contributed by atoms with Gasteiger partial charge in [0.25, 0.3) is 0 Å². The second kappa shape index (κ2) is 7.60. The van der Waals surface area contributed by atoms with Crippen LogP contribution in [0.1, 0.15) is 32.6 Å². The molecule has 1 aliphatic carbocycles. The van der Waals surface area contributed by atoms with E-state index >= 15 is 0 Å². The van der Waals surface area contributed by atoms with E-state index in [-0.39, 0.29) is 18.5 Å². The molecule has 2 heterocycles. The fraction of sp³-hybridized carbons (Fsp3) is 0.471. The summed E-state index contributed by atoms with van der Waals surface area (Å²) in [6.45, 7) is 2.23. The smallest absolute Gasteiger partial charge is 0.243 e. The lowest BCUT2D eigenvalue weighted by Crippen LogP contribution is -2.42. The molecule has 2 atom stereocenters. The molecule has 0 aliphatic heterocycles. The Morgan fingerprint density at radius 3 is 2.89 bits per heavy atom. The third-order valence-corrected chi connectivity index (χ3v) is 4.94. The van der Waals surface area contributed by atoms with Gasteiger partial charge in [-0.15, -0.1) is 15.3 Å². The maximum Gasteiger partial charge on any atom is 0.243 e. The average molecular weight is 367 g/mol. The van der Waals surface area contributed by atoms with Gasteiger partial charge >= 0.3 is 0 Å². The van der Waals surface area contributed by atoms with Crippen molar-refractivity contribution in [1.82, 2.24) is 45.7 Å². The molecule has 0 spiro atoms. The number of amides is 1. The number of benzene rings is 1. The average Bonchev–Trinajstić information content (AvgIpc) is 3.36. The summed E-state index contributed by atoms with van der Waals surface area (Å²) in [7, 11) is 0. The molecular formula is C17H21N9O. The predicted molar refractivity (Wildman–Crippen MR) is 95.5 cm³/mol. The highest BCUT2D eigenvalue weighted by Gasteiger charge is 2.23. The van der Waals surface area contributed by atoms with Gasteiger partial charge in [0, 0.05) is 11.6 Å². The number of hydrogen-bond donors (Lipinski definition) is 1. The normalized spacial score (nSPS) is 19.7. The van der Waals surface area contributed by atoms with Crippen LogP contribution in [0.5, 0.6) is 0 Å². The van der Waals surface area contributed by atoms with Crippen LogP contribution in [-0.4, -0.2) is 52.4 Å². The third-order valence-electron chi connectivity index (χ3n) is 4.94. The van der Waals surface area contributed by atoms with Crippen LogP contribution in [0.2, 0.25) is 0 Å². The number of carbonyl (C=O) groups excluding carboxylic acids is 1. The van der Waals surface area contributed by atoms with Gasteiger partial charge < -0.3 is 5.32 Å². The van der Waals surface area contributed by atoms with Gasteiger partial charge in [0.05, 0.1) is 5.69 Å². The largest absolute Gasteiger partial charge is 0.351 e. The fourth-order valence-electron chi connectivity index (χ4n) is 3.46. The van der Waals surface area contributed by atoms with Gasteiger partial charge in [-0.05, 0) is 46.5 Å². The van der Waals surface area contributed by atoms with Crippen molar-refractivity contribution in [2.45, 2.75) is 45.2 Å². The molecule has 2 aromatic heterocycles. The number of nitrogens with zero attached hydrogens (tertiary/aromatic N) is 8. The Morgan fingerprint density at radius 1 is 1.22 bits per heavy atom. The monoisotopic (exact) mass is 367 g/mol. The van der Waals surface area contributed by atoms with Crippen LogP contribution >= 0.6 is 0 Å². The summed E-state index contributed by atoms with van der Waals surface area (Å²) in [6, 6.07) is 7.71. The van der Waals surface area contributed by atoms with E-state index in [1.807, 2.05) is 24.3 Å². The van der Waals surface area contributed by atoms with Crippen LogP contribution in [0, 0.1) is 5.92 Å². The lowest BCUT2D eigenvalue weighted by Gasteiger charge is -2.29. The molecular weight excluding hydrogens is 346 g/mol. The van der Waals surface area contributed by atoms with Crippen LogP contribution in [0.4, 0.5) is 0 Å². The fourth-order valence-corrected chi connectivity index (χ4v) is 3.46. The molecule has 1 saturated carbocycles. The molecule has 0 radical (unpaired) electrons. The second-order valence-electron chi connectivity index (χ2n) is 6.85. The van der Waals surface area contributed by atoms with E-state index < -0.39 is 0 Å². The molecule has 0 bridgehead atoms. The molecule has 10 nitrogen and oxygen atoms in total. The van der Waals surface area contributed by atoms with E-state index in [0.717, 1.165) is 30.5 Å². The van der Waals surface area contributed by atoms with Crippen LogP contribution in [0.3, 0.4) is 0 Å². The van der Waals surface area contributed by atoms with Gasteiger partial charge in [-0.1, -0.05) is 31.9 Å². The summed E-state index contributed by atoms with van der Waals surface area (Å²) in [5.41, 5.74) is 1.47. The molecule has 0 unspecified atom stereocenters. The first kappa shape index (κ1) is 17.3. The van der Waals surface area contributed by atoms with Crippen molar-refractivity contribution < 1.29 is 4.79 Å². The summed E-state index contributed by atoms with van der Waals surface area (Å²) in [6.07, 6.45) is 6.09. The molecule has 3 aromatic rings. The Bertz CT molecular complexity index is 905. The van der Waals surface area contributed by atoms with Gasteiger partial charge in [-0.25, -0.2) is 0 Å². The van der Waals surface area contributed by atoms with Gasteiger partial charge in [0.1, 0.15) is 12.9 Å². The minimum absolute atomic E-state index is 0.0449. The minimum atomic E-state index is -0.0912. The molecule has 4 rings (SSSR count). The van der Waals surface area contributed by atoms with Crippen molar-refractivity contribution in [3.8, 4) is 17.1 Å². The van der Waals surface area contributed by atoms with Crippen LogP contribution in [0.25, 0.3) is 17.1 Å². The summed E-state index contributed by atoms with van der Waals surface area (Å²) < 4.78 is 1.53. The molecule has 1 aliphatic rings. The third kappa shape index (κ3) is 3.83. The van der Waals surface area contributed by atoms with E-state index in [9.17, 15) is 4.79 Å². The van der Waals surface area contributed by atoms with Crippen molar-refractivity contribution in [2.75, 3.05) is 0 Å². The van der Waals surface area contributed by atoms with Crippen molar-refractivity contribution in [3.05, 3.63) is 30.6 Å². The lowest BCUT2D eigenvalue weighted by atomic mass is 9.86.